The van der Waals surface area contributed by atoms with Crippen molar-refractivity contribution in [2.24, 2.45) is 0 Å². The Morgan fingerprint density at radius 3 is 2.21 bits per heavy atom. The molecule has 0 radical (unpaired) electrons. The summed E-state index contributed by atoms with van der Waals surface area (Å²) in [5.41, 5.74) is 4.18. The minimum absolute atomic E-state index is 0.138. The Morgan fingerprint density at radius 1 is 0.921 bits per heavy atom. The van der Waals surface area contributed by atoms with Crippen molar-refractivity contribution < 1.29 is 9.59 Å². The van der Waals surface area contributed by atoms with Crippen molar-refractivity contribution in [2.45, 2.75) is 39.7 Å². The molecule has 0 saturated carbocycles. The van der Waals surface area contributed by atoms with Crippen molar-refractivity contribution in [3.8, 4) is 5.69 Å². The number of carbonyl (C=O) groups is 2. The highest BCUT2D eigenvalue weighted by atomic mass is 79.9. The number of aryl methyl sites for hydroxylation is 1. The maximum absolute atomic E-state index is 13.3. The average molecular weight is 575 g/mol. The smallest absolute Gasteiger partial charge is 0.311 e. The maximum atomic E-state index is 13.3. The third kappa shape index (κ3) is 7.10. The molecule has 0 bridgehead atoms. The number of hydrogen-bond donors (Lipinski definition) is 2. The molecule has 2 N–H and O–H groups in total. The lowest BCUT2D eigenvalue weighted by Crippen LogP contribution is -2.40. The van der Waals surface area contributed by atoms with E-state index in [1.807, 2.05) is 79.7 Å². The van der Waals surface area contributed by atoms with Gasteiger partial charge in [-0.05, 0) is 48.9 Å². The lowest BCUT2D eigenvalue weighted by atomic mass is 9.92. The van der Waals surface area contributed by atoms with E-state index in [2.05, 4.69) is 47.3 Å². The molecule has 0 aliphatic heterocycles. The highest BCUT2D eigenvalue weighted by Gasteiger charge is 2.23. The summed E-state index contributed by atoms with van der Waals surface area (Å²) < 4.78 is 2.65. The summed E-state index contributed by atoms with van der Waals surface area (Å²) in [5.74, 6) is 0.234. The van der Waals surface area contributed by atoms with Gasteiger partial charge in [-0.25, -0.2) is 9.48 Å². The van der Waals surface area contributed by atoms with E-state index in [1.54, 1.807) is 16.8 Å². The first kappa shape index (κ1) is 27.1. The predicted molar refractivity (Wildman–Crippen MR) is 156 cm³/mol. The minimum atomic E-state index is -0.367. The molecule has 3 amide bonds. The number of amides is 3. The summed E-state index contributed by atoms with van der Waals surface area (Å²) >= 11 is 3.41. The fraction of sp³-hybridized carbons (Fsp3) is 0.233. The zero-order valence-electron chi connectivity index (χ0n) is 22.0. The summed E-state index contributed by atoms with van der Waals surface area (Å²) in [7, 11) is 0. The van der Waals surface area contributed by atoms with E-state index in [9.17, 15) is 9.59 Å². The fourth-order valence-electron chi connectivity index (χ4n) is 3.81. The number of anilines is 2. The second kappa shape index (κ2) is 11.6. The van der Waals surface area contributed by atoms with Crippen LogP contribution in [-0.2, 0) is 16.8 Å². The van der Waals surface area contributed by atoms with Crippen LogP contribution in [0.3, 0.4) is 0 Å². The van der Waals surface area contributed by atoms with Crippen LogP contribution in [0.25, 0.3) is 5.69 Å². The number of nitrogens with zero attached hydrogens (tertiary/aromatic N) is 3. The molecule has 0 fully saturated rings. The van der Waals surface area contributed by atoms with Crippen LogP contribution in [0.5, 0.6) is 0 Å². The molecule has 0 aliphatic rings. The molecule has 4 rings (SSSR count). The third-order valence-electron chi connectivity index (χ3n) is 5.96. The fourth-order valence-corrected chi connectivity index (χ4v) is 4.08. The van der Waals surface area contributed by atoms with E-state index in [0.29, 0.717) is 11.5 Å². The molecule has 0 saturated heterocycles. The summed E-state index contributed by atoms with van der Waals surface area (Å²) in [6.45, 7) is 8.40. The molecule has 4 aromatic rings. The van der Waals surface area contributed by atoms with Gasteiger partial charge in [0.25, 0.3) is 0 Å². The molecule has 3 aromatic carbocycles. The summed E-state index contributed by atoms with van der Waals surface area (Å²) in [6, 6.07) is 26.4. The highest BCUT2D eigenvalue weighted by Crippen LogP contribution is 2.26. The molecule has 38 heavy (non-hydrogen) atoms. The number of aromatic nitrogens is 2. The second-order valence-electron chi connectivity index (χ2n) is 10.2. The normalized spacial score (nSPS) is 11.2. The van der Waals surface area contributed by atoms with Gasteiger partial charge in [-0.15, -0.1) is 0 Å². The lowest BCUT2D eigenvalue weighted by molar-refractivity contribution is -0.116. The van der Waals surface area contributed by atoms with Gasteiger partial charge in [-0.1, -0.05) is 84.7 Å². The molecular weight excluding hydrogens is 542 g/mol. The Hall–Kier alpha value is -3.91. The van der Waals surface area contributed by atoms with Gasteiger partial charge in [0.2, 0.25) is 5.91 Å². The average Bonchev–Trinajstić information content (AvgIpc) is 3.30. The number of hydrogen-bond acceptors (Lipinski definition) is 3. The molecule has 1 heterocycles. The Morgan fingerprint density at radius 2 is 1.58 bits per heavy atom. The van der Waals surface area contributed by atoms with E-state index < -0.39 is 0 Å². The number of benzene rings is 3. The van der Waals surface area contributed by atoms with Gasteiger partial charge in [0.05, 0.1) is 11.4 Å². The molecular formula is C30H32BrN5O2. The van der Waals surface area contributed by atoms with Crippen molar-refractivity contribution >= 4 is 39.4 Å². The van der Waals surface area contributed by atoms with Crippen LogP contribution in [0.15, 0.2) is 89.4 Å². The van der Waals surface area contributed by atoms with Gasteiger partial charge >= 0.3 is 6.03 Å². The number of halogens is 1. The highest BCUT2D eigenvalue weighted by molar-refractivity contribution is 9.10. The predicted octanol–water partition coefficient (Wildman–Crippen LogP) is 6.91. The van der Waals surface area contributed by atoms with Crippen LogP contribution in [0.1, 0.15) is 37.6 Å². The number of nitrogens with one attached hydrogen (secondary N) is 2. The zero-order valence-corrected chi connectivity index (χ0v) is 23.6. The largest absolute Gasteiger partial charge is 0.322 e. The van der Waals surface area contributed by atoms with E-state index >= 15 is 0 Å². The first-order valence-electron chi connectivity index (χ1n) is 12.4. The molecule has 8 heteroatoms. The van der Waals surface area contributed by atoms with Gasteiger partial charge in [0, 0.05) is 28.2 Å². The monoisotopic (exact) mass is 573 g/mol. The van der Waals surface area contributed by atoms with Crippen LogP contribution in [0.4, 0.5) is 16.3 Å². The quantitative estimate of drug-likeness (QED) is 0.252. The van der Waals surface area contributed by atoms with Gasteiger partial charge in [-0.2, -0.15) is 5.10 Å². The maximum Gasteiger partial charge on any atom is 0.322 e. The van der Waals surface area contributed by atoms with Crippen LogP contribution < -0.4 is 10.6 Å². The van der Waals surface area contributed by atoms with Crippen molar-refractivity contribution in [1.82, 2.24) is 14.7 Å². The van der Waals surface area contributed by atoms with Gasteiger partial charge in [0.1, 0.15) is 12.4 Å². The van der Waals surface area contributed by atoms with Crippen molar-refractivity contribution in [2.75, 3.05) is 17.2 Å². The van der Waals surface area contributed by atoms with E-state index in [0.717, 1.165) is 27.0 Å². The van der Waals surface area contributed by atoms with E-state index in [1.165, 1.54) is 4.90 Å². The Balaban J connectivity index is 1.57. The lowest BCUT2D eigenvalue weighted by Gasteiger charge is -2.23. The van der Waals surface area contributed by atoms with E-state index in [-0.39, 0.29) is 30.4 Å². The molecule has 1 aromatic heterocycles. The first-order chi connectivity index (χ1) is 18.1. The number of carbonyl (C=O) groups excluding carboxylic acids is 2. The SMILES string of the molecule is Cc1ccc(-n2nc(C(C)(C)C)cc2NC(=O)CN(Cc2ccccc2)C(=O)Nc2ccc(Br)cc2)cc1. The van der Waals surface area contributed by atoms with Crippen molar-refractivity contribution in [1.29, 1.82) is 0 Å². The third-order valence-corrected chi connectivity index (χ3v) is 6.49. The van der Waals surface area contributed by atoms with Crippen molar-refractivity contribution in [3.63, 3.8) is 0 Å². The molecule has 7 nitrogen and oxygen atoms in total. The van der Waals surface area contributed by atoms with Gasteiger partial charge in [0.15, 0.2) is 0 Å². The van der Waals surface area contributed by atoms with Crippen LogP contribution >= 0.6 is 15.9 Å². The molecule has 196 valence electrons. The van der Waals surface area contributed by atoms with E-state index in [4.69, 9.17) is 5.10 Å². The van der Waals surface area contributed by atoms with Crippen LogP contribution in [0.2, 0.25) is 0 Å². The number of urea groups is 1. The van der Waals surface area contributed by atoms with Crippen molar-refractivity contribution in [3.05, 3.63) is 106 Å². The van der Waals surface area contributed by atoms with Crippen LogP contribution in [-0.4, -0.2) is 33.2 Å². The topological polar surface area (TPSA) is 79.3 Å². The molecule has 0 aliphatic carbocycles. The molecule has 0 unspecified atom stereocenters. The minimum Gasteiger partial charge on any atom is -0.311 e. The second-order valence-corrected chi connectivity index (χ2v) is 11.2. The summed E-state index contributed by atoms with van der Waals surface area (Å²) in [4.78, 5) is 28.1. The van der Waals surface area contributed by atoms with Crippen LogP contribution in [0, 0.1) is 6.92 Å². The van der Waals surface area contributed by atoms with Gasteiger partial charge < -0.3 is 15.5 Å². The zero-order chi connectivity index (χ0) is 27.3. The summed E-state index contributed by atoms with van der Waals surface area (Å²) in [6.07, 6.45) is 0. The summed E-state index contributed by atoms with van der Waals surface area (Å²) in [5, 5.41) is 10.7. The Bertz CT molecular complexity index is 1390. The first-order valence-corrected chi connectivity index (χ1v) is 13.2. The Kier molecular flexibility index (Phi) is 8.32. The standard InChI is InChI=1S/C30H32BrN5O2/c1-21-10-16-25(17-11-21)36-27(18-26(34-36)30(2,3)4)33-28(37)20-35(19-22-8-6-5-7-9-22)29(38)32-24-14-12-23(31)13-15-24/h5-18H,19-20H2,1-4H3,(H,32,38)(H,33,37). The molecule has 0 atom stereocenters. The Labute approximate surface area is 232 Å². The van der Waals surface area contributed by atoms with Gasteiger partial charge in [-0.3, -0.25) is 4.79 Å². The molecule has 0 spiro atoms. The number of rotatable bonds is 7.